The van der Waals surface area contributed by atoms with Gasteiger partial charge in [-0.2, -0.15) is 13.5 Å². The molecule has 2 nitrogen and oxygen atoms in total. The predicted molar refractivity (Wildman–Crippen MR) is 76.0 cm³/mol. The third kappa shape index (κ3) is 2.29. The van der Waals surface area contributed by atoms with E-state index in [0.717, 1.165) is 12.4 Å². The van der Waals surface area contributed by atoms with E-state index >= 15 is 0 Å². The van der Waals surface area contributed by atoms with E-state index in [4.69, 9.17) is 0 Å². The molecule has 0 spiro atoms. The zero-order chi connectivity index (χ0) is 10.9. The molecule has 16 heavy (non-hydrogen) atoms. The fraction of sp³-hybridized carbons (Fsp3) is 0.538. The minimum Gasteiger partial charge on any atom is -0.267 e. The molecule has 0 aromatic carbocycles. The largest absolute Gasteiger partial charge is 0.267 e. The van der Waals surface area contributed by atoms with Crippen LogP contribution in [0.15, 0.2) is 33.8 Å². The van der Waals surface area contributed by atoms with Crippen molar-refractivity contribution in [3.63, 3.8) is 0 Å². The second-order valence-corrected chi connectivity index (χ2v) is 4.43. The first kappa shape index (κ1) is 13.2. The molecule has 88 valence electrons. The average molecular weight is 236 g/mol. The molecule has 2 atom stereocenters. The van der Waals surface area contributed by atoms with Gasteiger partial charge < -0.3 is 0 Å². The molecule has 0 radical (unpaired) electrons. The number of hydrogen-bond acceptors (Lipinski definition) is 1. The van der Waals surface area contributed by atoms with Gasteiger partial charge in [-0.05, 0) is 31.6 Å². The van der Waals surface area contributed by atoms with E-state index in [1.54, 1.807) is 0 Å². The van der Waals surface area contributed by atoms with Gasteiger partial charge in [-0.25, -0.2) is 4.99 Å². The summed E-state index contributed by atoms with van der Waals surface area (Å²) < 4.78 is 0. The predicted octanol–water partition coefficient (Wildman–Crippen LogP) is 3.13. The molecule has 0 amide bonds. The van der Waals surface area contributed by atoms with E-state index < -0.39 is 0 Å². The summed E-state index contributed by atoms with van der Waals surface area (Å²) in [6, 6.07) is 0. The smallest absolute Gasteiger partial charge is 0.150 e. The highest BCUT2D eigenvalue weighted by Crippen LogP contribution is 2.59. The van der Waals surface area contributed by atoms with Crippen LogP contribution in [0.1, 0.15) is 27.2 Å². The summed E-state index contributed by atoms with van der Waals surface area (Å²) in [5, 5.41) is 0. The normalized spacial score (nSPS) is 32.1. The zero-order valence-electron chi connectivity index (χ0n) is 10.2. The number of allylic oxidation sites excluding steroid dienone is 3. The van der Waals surface area contributed by atoms with Gasteiger partial charge in [0.05, 0.1) is 0 Å². The van der Waals surface area contributed by atoms with Gasteiger partial charge in [0.2, 0.25) is 0 Å². The van der Waals surface area contributed by atoms with Gasteiger partial charge in [-0.3, -0.25) is 4.99 Å². The van der Waals surface area contributed by atoms with E-state index in [1.165, 1.54) is 12.0 Å². The Morgan fingerprint density at radius 2 is 2.38 bits per heavy atom. The molecule has 2 aliphatic rings. The minimum absolute atomic E-state index is 0. The number of amidine groups is 1. The quantitative estimate of drug-likeness (QED) is 0.520. The zero-order valence-corrected chi connectivity index (χ0v) is 11.2. The molecule has 0 aliphatic heterocycles. The van der Waals surface area contributed by atoms with Crippen molar-refractivity contribution in [3.8, 4) is 0 Å². The maximum Gasteiger partial charge on any atom is 0.150 e. The highest BCUT2D eigenvalue weighted by atomic mass is 32.1. The number of nitrogens with zero attached hydrogens (tertiary/aromatic N) is 2. The summed E-state index contributed by atoms with van der Waals surface area (Å²) >= 11 is 0. The highest BCUT2D eigenvalue weighted by molar-refractivity contribution is 7.59. The number of fused-ring (bicyclic) bond motifs is 1. The molecule has 1 saturated carbocycles. The fourth-order valence-electron chi connectivity index (χ4n) is 2.23. The molecule has 2 unspecified atom stereocenters. The Morgan fingerprint density at radius 3 is 3.00 bits per heavy atom. The molecule has 2 rings (SSSR count). The van der Waals surface area contributed by atoms with Crippen LogP contribution in [-0.4, -0.2) is 18.6 Å². The van der Waals surface area contributed by atoms with Crippen molar-refractivity contribution in [1.82, 2.24) is 0 Å². The number of rotatable bonds is 2. The SMILES string of the molecule is CC=NC(=NCC)C1=CC=CC2(C)CC12.S. The van der Waals surface area contributed by atoms with Crippen LogP contribution in [0.5, 0.6) is 0 Å². The maximum absolute atomic E-state index is 4.46. The van der Waals surface area contributed by atoms with Crippen molar-refractivity contribution in [2.24, 2.45) is 21.3 Å². The van der Waals surface area contributed by atoms with E-state index in [0.29, 0.717) is 11.3 Å². The van der Waals surface area contributed by atoms with Gasteiger partial charge in [0, 0.05) is 18.3 Å². The second kappa shape index (κ2) is 5.00. The standard InChI is InChI=1S/C13H18N2.H2S/c1-4-14-12(15-5-2)10-7-6-8-13(3)9-11(10)13;/h4,6-8,11H,5,9H2,1-3H3;1H2. The molecular weight excluding hydrogens is 216 g/mol. The third-order valence-electron chi connectivity index (χ3n) is 3.23. The lowest BCUT2D eigenvalue weighted by molar-refractivity contribution is 0.680. The van der Waals surface area contributed by atoms with Crippen LogP contribution in [0.25, 0.3) is 0 Å². The summed E-state index contributed by atoms with van der Waals surface area (Å²) in [6.07, 6.45) is 9.70. The molecular formula is C13H20N2S. The van der Waals surface area contributed by atoms with Gasteiger partial charge in [0.1, 0.15) is 5.84 Å². The fourth-order valence-corrected chi connectivity index (χ4v) is 2.23. The van der Waals surface area contributed by atoms with Crippen LogP contribution >= 0.6 is 13.5 Å². The Labute approximate surface area is 105 Å². The third-order valence-corrected chi connectivity index (χ3v) is 3.23. The number of aliphatic imine (C=N–C) groups is 2. The van der Waals surface area contributed by atoms with Crippen molar-refractivity contribution in [1.29, 1.82) is 0 Å². The first-order valence-electron chi connectivity index (χ1n) is 5.64. The molecule has 0 aromatic rings. The summed E-state index contributed by atoms with van der Waals surface area (Å²) in [4.78, 5) is 8.83. The van der Waals surface area contributed by atoms with E-state index in [2.05, 4.69) is 42.1 Å². The molecule has 0 heterocycles. The van der Waals surface area contributed by atoms with Gasteiger partial charge >= 0.3 is 0 Å². The van der Waals surface area contributed by atoms with Crippen molar-refractivity contribution in [3.05, 3.63) is 23.8 Å². The molecule has 1 fully saturated rings. The highest BCUT2D eigenvalue weighted by Gasteiger charge is 2.51. The summed E-state index contributed by atoms with van der Waals surface area (Å²) in [6.45, 7) is 7.10. The van der Waals surface area contributed by atoms with Crippen molar-refractivity contribution < 1.29 is 0 Å². The van der Waals surface area contributed by atoms with Crippen LogP contribution in [0, 0.1) is 11.3 Å². The Balaban J connectivity index is 0.00000128. The van der Waals surface area contributed by atoms with Gasteiger partial charge in [-0.1, -0.05) is 25.2 Å². The first-order chi connectivity index (χ1) is 7.21. The average Bonchev–Trinajstić information content (AvgIpc) is 2.89. The van der Waals surface area contributed by atoms with Crippen molar-refractivity contribution >= 4 is 25.5 Å². The Hall–Kier alpha value is -0.830. The number of hydrogen-bond donors (Lipinski definition) is 0. The second-order valence-electron chi connectivity index (χ2n) is 4.43. The maximum atomic E-state index is 4.46. The van der Waals surface area contributed by atoms with E-state index in [1.807, 2.05) is 13.1 Å². The molecule has 0 aromatic heterocycles. The Kier molecular flexibility index (Phi) is 4.14. The topological polar surface area (TPSA) is 24.7 Å². The summed E-state index contributed by atoms with van der Waals surface area (Å²) in [7, 11) is 0. The molecule has 2 aliphatic carbocycles. The molecule has 3 heteroatoms. The summed E-state index contributed by atoms with van der Waals surface area (Å²) in [5.41, 5.74) is 1.71. The van der Waals surface area contributed by atoms with E-state index in [9.17, 15) is 0 Å². The van der Waals surface area contributed by atoms with Crippen molar-refractivity contribution in [2.75, 3.05) is 6.54 Å². The van der Waals surface area contributed by atoms with Gasteiger partial charge in [-0.15, -0.1) is 0 Å². The van der Waals surface area contributed by atoms with Gasteiger partial charge in [0.25, 0.3) is 0 Å². The van der Waals surface area contributed by atoms with Gasteiger partial charge in [0.15, 0.2) is 0 Å². The van der Waals surface area contributed by atoms with E-state index in [-0.39, 0.29) is 13.5 Å². The lowest BCUT2D eigenvalue weighted by Gasteiger charge is -2.13. The summed E-state index contributed by atoms with van der Waals surface area (Å²) in [5.74, 6) is 1.58. The monoisotopic (exact) mass is 236 g/mol. The van der Waals surface area contributed by atoms with Crippen LogP contribution < -0.4 is 0 Å². The van der Waals surface area contributed by atoms with Crippen molar-refractivity contribution in [2.45, 2.75) is 27.2 Å². The van der Waals surface area contributed by atoms with Crippen LogP contribution in [0.4, 0.5) is 0 Å². The first-order valence-corrected chi connectivity index (χ1v) is 5.64. The molecule has 0 bridgehead atoms. The van der Waals surface area contributed by atoms with Crippen LogP contribution in [0.2, 0.25) is 0 Å². The molecule has 0 N–H and O–H groups in total. The van der Waals surface area contributed by atoms with Crippen LogP contribution in [-0.2, 0) is 0 Å². The Bertz CT molecular complexity index is 379. The Morgan fingerprint density at radius 1 is 1.62 bits per heavy atom. The minimum atomic E-state index is 0. The lowest BCUT2D eigenvalue weighted by atomic mass is 9.95. The lowest BCUT2D eigenvalue weighted by Crippen LogP contribution is -2.09. The molecule has 0 saturated heterocycles. The van der Waals surface area contributed by atoms with Crippen LogP contribution in [0.3, 0.4) is 0 Å².